The number of hydrogen-bond donors (Lipinski definition) is 1. The number of nitrogens with zero attached hydrogens (tertiary/aromatic N) is 3. The third kappa shape index (κ3) is 6.22. The van der Waals surface area contributed by atoms with Crippen LogP contribution in [0.15, 0.2) is 18.3 Å². The van der Waals surface area contributed by atoms with Crippen LogP contribution in [0.4, 0.5) is 0 Å². The van der Waals surface area contributed by atoms with E-state index in [1.54, 1.807) is 13.3 Å². The first-order valence-electron chi connectivity index (χ1n) is 10.4. The Kier molecular flexibility index (Phi) is 7.97. The first-order valence-corrected chi connectivity index (χ1v) is 10.4. The Morgan fingerprint density at radius 1 is 1.24 bits per heavy atom. The first kappa shape index (κ1) is 21.7. The summed E-state index contributed by atoms with van der Waals surface area (Å²) in [4.78, 5) is 33.2. The first-order chi connectivity index (χ1) is 14.1. The summed E-state index contributed by atoms with van der Waals surface area (Å²) in [5.41, 5.74) is 1.66. The molecule has 0 unspecified atom stereocenters. The minimum atomic E-state index is 0.0212. The molecule has 0 saturated carbocycles. The smallest absolute Gasteiger partial charge is 0.255 e. The summed E-state index contributed by atoms with van der Waals surface area (Å²) in [5.74, 6) is 0.433. The van der Waals surface area contributed by atoms with Gasteiger partial charge in [0.2, 0.25) is 5.91 Å². The van der Waals surface area contributed by atoms with E-state index in [0.29, 0.717) is 50.9 Å². The number of ether oxygens (including phenoxy) is 2. The molecule has 8 nitrogen and oxygen atoms in total. The van der Waals surface area contributed by atoms with Crippen LogP contribution in [0.25, 0.3) is 0 Å². The lowest BCUT2D eigenvalue weighted by atomic mass is 9.92. The maximum absolute atomic E-state index is 12.5. The Balaban J connectivity index is 1.45. The van der Waals surface area contributed by atoms with Gasteiger partial charge in [0.05, 0.1) is 31.9 Å². The number of carbonyl (C=O) groups is 2. The van der Waals surface area contributed by atoms with Crippen LogP contribution in [0.1, 0.15) is 41.7 Å². The maximum atomic E-state index is 12.5. The van der Waals surface area contributed by atoms with E-state index in [-0.39, 0.29) is 17.9 Å². The standard InChI is InChI=1S/C21H32N4O4/c1-16(15-28-2)23-20(26)14-24-7-5-17(6-8-24)19-4-3-18(13-22-19)21(27)25-9-11-29-12-10-25/h3-4,13,16-17H,5-12,14-15H2,1-2H3,(H,23,26)/t16-/m0/s1. The lowest BCUT2D eigenvalue weighted by Gasteiger charge is -2.31. The molecule has 0 aliphatic carbocycles. The van der Waals surface area contributed by atoms with Gasteiger partial charge in [-0.2, -0.15) is 0 Å². The van der Waals surface area contributed by atoms with E-state index in [1.807, 2.05) is 24.0 Å². The van der Waals surface area contributed by atoms with Gasteiger partial charge in [0, 0.05) is 44.0 Å². The van der Waals surface area contributed by atoms with E-state index in [9.17, 15) is 9.59 Å². The molecule has 3 rings (SSSR count). The number of methoxy groups -OCH3 is 1. The summed E-state index contributed by atoms with van der Waals surface area (Å²) in [7, 11) is 1.63. The third-order valence-corrected chi connectivity index (χ3v) is 5.53. The van der Waals surface area contributed by atoms with E-state index in [4.69, 9.17) is 9.47 Å². The largest absolute Gasteiger partial charge is 0.383 e. The van der Waals surface area contributed by atoms with Crippen LogP contribution in [0.3, 0.4) is 0 Å². The van der Waals surface area contributed by atoms with Crippen LogP contribution in [0.5, 0.6) is 0 Å². The molecule has 1 atom stereocenters. The molecule has 29 heavy (non-hydrogen) atoms. The van der Waals surface area contributed by atoms with Crippen molar-refractivity contribution < 1.29 is 19.1 Å². The molecule has 0 bridgehead atoms. The highest BCUT2D eigenvalue weighted by Gasteiger charge is 2.24. The second-order valence-corrected chi connectivity index (χ2v) is 7.85. The van der Waals surface area contributed by atoms with Gasteiger partial charge < -0.3 is 19.7 Å². The minimum absolute atomic E-state index is 0.0212. The van der Waals surface area contributed by atoms with Crippen molar-refractivity contribution in [3.63, 3.8) is 0 Å². The quantitative estimate of drug-likeness (QED) is 0.727. The molecule has 2 aliphatic rings. The van der Waals surface area contributed by atoms with E-state index < -0.39 is 0 Å². The van der Waals surface area contributed by atoms with E-state index in [2.05, 4.69) is 15.2 Å². The van der Waals surface area contributed by atoms with Crippen LogP contribution in [0, 0.1) is 0 Å². The monoisotopic (exact) mass is 404 g/mol. The van der Waals surface area contributed by atoms with Crippen molar-refractivity contribution in [2.45, 2.75) is 31.7 Å². The third-order valence-electron chi connectivity index (χ3n) is 5.53. The Morgan fingerprint density at radius 3 is 2.59 bits per heavy atom. The highest BCUT2D eigenvalue weighted by atomic mass is 16.5. The number of piperidine rings is 1. The van der Waals surface area contributed by atoms with Gasteiger partial charge in [-0.15, -0.1) is 0 Å². The zero-order valence-electron chi connectivity index (χ0n) is 17.4. The van der Waals surface area contributed by atoms with Crippen molar-refractivity contribution in [1.29, 1.82) is 0 Å². The molecule has 2 aliphatic heterocycles. The summed E-state index contributed by atoms with van der Waals surface area (Å²) in [6, 6.07) is 3.89. The summed E-state index contributed by atoms with van der Waals surface area (Å²) >= 11 is 0. The lowest BCUT2D eigenvalue weighted by Crippen LogP contribution is -2.44. The Hall–Kier alpha value is -2.03. The maximum Gasteiger partial charge on any atom is 0.255 e. The van der Waals surface area contributed by atoms with Crippen LogP contribution in [-0.2, 0) is 14.3 Å². The van der Waals surface area contributed by atoms with Gasteiger partial charge >= 0.3 is 0 Å². The molecule has 3 heterocycles. The van der Waals surface area contributed by atoms with Gasteiger partial charge in [-0.3, -0.25) is 19.5 Å². The Labute approximate surface area is 172 Å². The van der Waals surface area contributed by atoms with Crippen molar-refractivity contribution in [2.24, 2.45) is 0 Å². The number of carbonyl (C=O) groups excluding carboxylic acids is 2. The summed E-state index contributed by atoms with van der Waals surface area (Å²) in [5, 5.41) is 2.95. The number of amides is 2. The number of morpholine rings is 1. The molecule has 0 spiro atoms. The van der Waals surface area contributed by atoms with Gasteiger partial charge in [-0.25, -0.2) is 0 Å². The number of pyridine rings is 1. The van der Waals surface area contributed by atoms with Gasteiger partial charge in [0.15, 0.2) is 0 Å². The molecule has 2 amide bonds. The fourth-order valence-electron chi connectivity index (χ4n) is 3.92. The average molecular weight is 405 g/mol. The number of nitrogens with one attached hydrogen (secondary N) is 1. The SMILES string of the molecule is COC[C@H](C)NC(=O)CN1CCC(c2ccc(C(=O)N3CCOCC3)cn2)CC1. The molecule has 0 aromatic carbocycles. The summed E-state index contributed by atoms with van der Waals surface area (Å²) < 4.78 is 10.4. The second kappa shape index (κ2) is 10.7. The highest BCUT2D eigenvalue weighted by Crippen LogP contribution is 2.26. The predicted molar refractivity (Wildman–Crippen MR) is 109 cm³/mol. The molecule has 2 saturated heterocycles. The molecule has 0 radical (unpaired) electrons. The van der Waals surface area contributed by atoms with Gasteiger partial charge in [0.1, 0.15) is 0 Å². The fourth-order valence-corrected chi connectivity index (χ4v) is 3.92. The highest BCUT2D eigenvalue weighted by molar-refractivity contribution is 5.94. The fraction of sp³-hybridized carbons (Fsp3) is 0.667. The number of rotatable bonds is 7. The van der Waals surface area contributed by atoms with E-state index in [1.165, 1.54) is 0 Å². The van der Waals surface area contributed by atoms with Crippen LogP contribution in [0.2, 0.25) is 0 Å². The molecular weight excluding hydrogens is 372 g/mol. The molecule has 8 heteroatoms. The van der Waals surface area contributed by atoms with Crippen LogP contribution in [-0.4, -0.2) is 92.3 Å². The molecular formula is C21H32N4O4. The molecule has 1 aromatic rings. The van der Waals surface area contributed by atoms with Crippen molar-refractivity contribution >= 4 is 11.8 Å². The van der Waals surface area contributed by atoms with Gasteiger partial charge in [-0.1, -0.05) is 0 Å². The normalized spacial score (nSPS) is 19.7. The van der Waals surface area contributed by atoms with Crippen molar-refractivity contribution in [1.82, 2.24) is 20.1 Å². The Bertz CT molecular complexity index is 668. The number of aromatic nitrogens is 1. The van der Waals surface area contributed by atoms with E-state index >= 15 is 0 Å². The van der Waals surface area contributed by atoms with Gasteiger partial charge in [0.25, 0.3) is 5.91 Å². The molecule has 1 N–H and O–H groups in total. The molecule has 160 valence electrons. The van der Waals surface area contributed by atoms with Crippen molar-refractivity contribution in [2.75, 3.05) is 59.7 Å². The average Bonchev–Trinajstić information content (AvgIpc) is 2.74. The van der Waals surface area contributed by atoms with E-state index in [0.717, 1.165) is 31.6 Å². The molecule has 2 fully saturated rings. The van der Waals surface area contributed by atoms with Crippen LogP contribution >= 0.6 is 0 Å². The van der Waals surface area contributed by atoms with Crippen LogP contribution < -0.4 is 5.32 Å². The summed E-state index contributed by atoms with van der Waals surface area (Å²) in [6.07, 6.45) is 3.62. The summed E-state index contributed by atoms with van der Waals surface area (Å²) in [6.45, 7) is 7.07. The van der Waals surface area contributed by atoms with Gasteiger partial charge in [-0.05, 0) is 45.0 Å². The lowest BCUT2D eigenvalue weighted by molar-refractivity contribution is -0.123. The van der Waals surface area contributed by atoms with Crippen molar-refractivity contribution in [3.05, 3.63) is 29.6 Å². The van der Waals surface area contributed by atoms with Crippen molar-refractivity contribution in [3.8, 4) is 0 Å². The molecule has 1 aromatic heterocycles. The number of hydrogen-bond acceptors (Lipinski definition) is 6. The topological polar surface area (TPSA) is 84.0 Å². The second-order valence-electron chi connectivity index (χ2n) is 7.85. The Morgan fingerprint density at radius 2 is 1.97 bits per heavy atom. The number of likely N-dealkylation sites (tertiary alicyclic amines) is 1. The zero-order valence-corrected chi connectivity index (χ0v) is 17.4. The minimum Gasteiger partial charge on any atom is -0.383 e. The predicted octanol–water partition coefficient (Wildman–Crippen LogP) is 0.885. The zero-order chi connectivity index (χ0) is 20.6.